The molecule has 2 amide bonds. The number of aromatic nitrogens is 1. The molecule has 0 saturated carbocycles. The molecule has 28 heavy (non-hydrogen) atoms. The first-order valence-corrected chi connectivity index (χ1v) is 9.47. The van der Waals surface area contributed by atoms with Gasteiger partial charge < -0.3 is 15.1 Å². The second-order valence-corrected chi connectivity index (χ2v) is 7.06. The minimum atomic E-state index is -0.275. The summed E-state index contributed by atoms with van der Waals surface area (Å²) in [7, 11) is 0. The quantitative estimate of drug-likeness (QED) is 0.529. The molecule has 2 N–H and O–H groups in total. The summed E-state index contributed by atoms with van der Waals surface area (Å²) in [6, 6.07) is 18.0. The van der Waals surface area contributed by atoms with E-state index in [-0.39, 0.29) is 11.8 Å². The first-order valence-electron chi connectivity index (χ1n) is 8.69. The second kappa shape index (κ2) is 7.66. The Balaban J connectivity index is 1.40. The van der Waals surface area contributed by atoms with Gasteiger partial charge in [-0.1, -0.05) is 18.2 Å². The average molecular weight is 391 g/mol. The molecule has 0 aliphatic carbocycles. The lowest BCUT2D eigenvalue weighted by Gasteiger charge is -2.06. The molecule has 0 unspecified atom stereocenters. The van der Waals surface area contributed by atoms with Crippen molar-refractivity contribution in [3.63, 3.8) is 0 Å². The van der Waals surface area contributed by atoms with Gasteiger partial charge in [-0.2, -0.15) is 4.37 Å². The Hall–Kier alpha value is -3.45. The highest BCUT2D eigenvalue weighted by Crippen LogP contribution is 2.23. The first kappa shape index (κ1) is 17.9. The number of carbonyl (C=O) groups is 2. The molecule has 0 aliphatic heterocycles. The molecule has 0 fully saturated rings. The maximum atomic E-state index is 12.5. The second-order valence-electron chi connectivity index (χ2n) is 6.25. The number of hydrogen-bond acceptors (Lipinski definition) is 5. The molecular weight excluding hydrogens is 374 g/mol. The SMILES string of the molecule is Cc1ccc(CNC(=O)c2ccc(NC(=O)c3nsc4ccccc34)cc2)o1. The van der Waals surface area contributed by atoms with E-state index in [9.17, 15) is 9.59 Å². The number of nitrogens with one attached hydrogen (secondary N) is 2. The van der Waals surface area contributed by atoms with Gasteiger partial charge in [-0.15, -0.1) is 0 Å². The topological polar surface area (TPSA) is 84.2 Å². The molecule has 2 aromatic heterocycles. The van der Waals surface area contributed by atoms with Crippen molar-refractivity contribution in [1.82, 2.24) is 9.69 Å². The summed E-state index contributed by atoms with van der Waals surface area (Å²) >= 11 is 1.29. The molecule has 0 saturated heterocycles. The highest BCUT2D eigenvalue weighted by Gasteiger charge is 2.14. The van der Waals surface area contributed by atoms with Crippen LogP contribution in [0.3, 0.4) is 0 Å². The Morgan fingerprint density at radius 1 is 1.00 bits per heavy atom. The molecule has 2 aromatic carbocycles. The van der Waals surface area contributed by atoms with E-state index in [1.54, 1.807) is 24.3 Å². The van der Waals surface area contributed by atoms with Gasteiger partial charge >= 0.3 is 0 Å². The summed E-state index contributed by atoms with van der Waals surface area (Å²) in [4.78, 5) is 24.8. The molecule has 140 valence electrons. The third kappa shape index (κ3) is 3.79. The summed E-state index contributed by atoms with van der Waals surface area (Å²) in [5, 5.41) is 6.45. The summed E-state index contributed by atoms with van der Waals surface area (Å²) in [6.07, 6.45) is 0. The van der Waals surface area contributed by atoms with Crippen molar-refractivity contribution in [1.29, 1.82) is 0 Å². The molecule has 0 radical (unpaired) electrons. The molecule has 0 spiro atoms. The highest BCUT2D eigenvalue weighted by atomic mass is 32.1. The number of anilines is 1. The average Bonchev–Trinajstić information content (AvgIpc) is 3.32. The van der Waals surface area contributed by atoms with E-state index < -0.39 is 0 Å². The van der Waals surface area contributed by atoms with E-state index in [0.29, 0.717) is 29.2 Å². The van der Waals surface area contributed by atoms with Crippen molar-refractivity contribution in [3.8, 4) is 0 Å². The number of nitrogens with zero attached hydrogens (tertiary/aromatic N) is 1. The molecule has 0 aliphatic rings. The Bertz CT molecular complexity index is 1150. The molecule has 6 nitrogen and oxygen atoms in total. The van der Waals surface area contributed by atoms with Crippen molar-refractivity contribution in [2.75, 3.05) is 5.32 Å². The summed E-state index contributed by atoms with van der Waals surface area (Å²) < 4.78 is 10.6. The van der Waals surface area contributed by atoms with Crippen LogP contribution in [0.2, 0.25) is 0 Å². The number of aryl methyl sites for hydroxylation is 1. The van der Waals surface area contributed by atoms with Gasteiger partial charge in [-0.25, -0.2) is 0 Å². The van der Waals surface area contributed by atoms with Gasteiger partial charge in [0.05, 0.1) is 11.2 Å². The van der Waals surface area contributed by atoms with E-state index in [1.807, 2.05) is 43.3 Å². The molecule has 0 bridgehead atoms. The van der Waals surface area contributed by atoms with Crippen molar-refractivity contribution < 1.29 is 14.0 Å². The molecule has 7 heteroatoms. The van der Waals surface area contributed by atoms with Crippen LogP contribution in [0.25, 0.3) is 10.1 Å². The number of amides is 2. The van der Waals surface area contributed by atoms with Gasteiger partial charge in [0.2, 0.25) is 0 Å². The molecule has 0 atom stereocenters. The van der Waals surface area contributed by atoms with Gasteiger partial charge in [0.15, 0.2) is 0 Å². The fourth-order valence-corrected chi connectivity index (χ4v) is 3.57. The summed E-state index contributed by atoms with van der Waals surface area (Å²) in [6.45, 7) is 2.18. The van der Waals surface area contributed by atoms with Crippen LogP contribution in [-0.2, 0) is 6.54 Å². The predicted molar refractivity (Wildman–Crippen MR) is 109 cm³/mol. The Morgan fingerprint density at radius 3 is 2.54 bits per heavy atom. The Labute approximate surface area is 165 Å². The largest absolute Gasteiger partial charge is 0.465 e. The van der Waals surface area contributed by atoms with Crippen LogP contribution in [0.15, 0.2) is 65.1 Å². The van der Waals surface area contributed by atoms with E-state index in [0.717, 1.165) is 15.8 Å². The third-order valence-electron chi connectivity index (χ3n) is 4.22. The van der Waals surface area contributed by atoms with Gasteiger partial charge in [-0.3, -0.25) is 9.59 Å². The van der Waals surface area contributed by atoms with Crippen LogP contribution in [0, 0.1) is 6.92 Å². The number of carbonyl (C=O) groups excluding carboxylic acids is 2. The van der Waals surface area contributed by atoms with Crippen LogP contribution in [0.1, 0.15) is 32.4 Å². The summed E-state index contributed by atoms with van der Waals surface area (Å²) in [5.74, 6) is 1.02. The number of benzene rings is 2. The summed E-state index contributed by atoms with van der Waals surface area (Å²) in [5.41, 5.74) is 1.50. The lowest BCUT2D eigenvalue weighted by Crippen LogP contribution is -2.22. The van der Waals surface area contributed by atoms with Crippen LogP contribution < -0.4 is 10.6 Å². The van der Waals surface area contributed by atoms with Crippen molar-refractivity contribution in [2.24, 2.45) is 0 Å². The zero-order valence-electron chi connectivity index (χ0n) is 15.1. The van der Waals surface area contributed by atoms with Crippen molar-refractivity contribution >= 4 is 39.1 Å². The smallest absolute Gasteiger partial charge is 0.276 e. The van der Waals surface area contributed by atoms with Crippen LogP contribution in [-0.4, -0.2) is 16.2 Å². The highest BCUT2D eigenvalue weighted by molar-refractivity contribution is 7.13. The van der Waals surface area contributed by atoms with Crippen LogP contribution in [0.5, 0.6) is 0 Å². The number of hydrogen-bond donors (Lipinski definition) is 2. The zero-order valence-corrected chi connectivity index (χ0v) is 15.9. The maximum Gasteiger partial charge on any atom is 0.276 e. The van der Waals surface area contributed by atoms with Crippen LogP contribution in [0.4, 0.5) is 5.69 Å². The fourth-order valence-electron chi connectivity index (χ4n) is 2.79. The van der Waals surface area contributed by atoms with E-state index in [4.69, 9.17) is 4.42 Å². The van der Waals surface area contributed by atoms with Gasteiger partial charge in [-0.05, 0) is 60.9 Å². The lowest BCUT2D eigenvalue weighted by atomic mass is 10.1. The molecular formula is C21H17N3O3S. The number of fused-ring (bicyclic) bond motifs is 1. The monoisotopic (exact) mass is 391 g/mol. The number of furan rings is 1. The Kier molecular flexibility index (Phi) is 4.90. The molecule has 4 rings (SSSR count). The molecule has 2 heterocycles. The van der Waals surface area contributed by atoms with Crippen molar-refractivity contribution in [2.45, 2.75) is 13.5 Å². The van der Waals surface area contributed by atoms with E-state index >= 15 is 0 Å². The lowest BCUT2D eigenvalue weighted by molar-refractivity contribution is 0.0947. The van der Waals surface area contributed by atoms with Crippen LogP contribution >= 0.6 is 11.5 Å². The first-order chi connectivity index (χ1) is 13.6. The fraction of sp³-hybridized carbons (Fsp3) is 0.0952. The van der Waals surface area contributed by atoms with Crippen molar-refractivity contribution in [3.05, 3.63) is 83.4 Å². The van der Waals surface area contributed by atoms with Gasteiger partial charge in [0.1, 0.15) is 17.2 Å². The normalized spacial score (nSPS) is 10.8. The number of rotatable bonds is 5. The van der Waals surface area contributed by atoms with Gasteiger partial charge in [0, 0.05) is 16.6 Å². The third-order valence-corrected chi connectivity index (χ3v) is 5.04. The molecule has 4 aromatic rings. The minimum Gasteiger partial charge on any atom is -0.465 e. The predicted octanol–water partition coefficient (Wildman–Crippen LogP) is 4.38. The maximum absolute atomic E-state index is 12.5. The van der Waals surface area contributed by atoms with E-state index in [1.165, 1.54) is 11.5 Å². The standard InChI is InChI=1S/C21H17N3O3S/c1-13-6-11-16(27-13)12-22-20(25)14-7-9-15(10-8-14)23-21(26)19-17-4-2-3-5-18(17)28-24-19/h2-11H,12H2,1H3,(H,22,25)(H,23,26). The Morgan fingerprint density at radius 2 is 1.79 bits per heavy atom. The zero-order chi connectivity index (χ0) is 19.5. The van der Waals surface area contributed by atoms with E-state index in [2.05, 4.69) is 15.0 Å². The van der Waals surface area contributed by atoms with Gasteiger partial charge in [0.25, 0.3) is 11.8 Å². The minimum absolute atomic E-state index is 0.211.